The van der Waals surface area contributed by atoms with Gasteiger partial charge in [-0.1, -0.05) is 6.07 Å². The van der Waals surface area contributed by atoms with Crippen molar-refractivity contribution in [1.29, 1.82) is 0 Å². The maximum Gasteiger partial charge on any atom is 0.276 e. The molecule has 0 saturated carbocycles. The fraction of sp³-hybridized carbons (Fsp3) is 0.273. The normalized spacial score (nSPS) is 10.9. The van der Waals surface area contributed by atoms with Crippen molar-refractivity contribution < 1.29 is 14.3 Å². The Balaban J connectivity index is 1.38. The first-order chi connectivity index (χ1) is 16.0. The Morgan fingerprint density at radius 2 is 1.79 bits per heavy atom. The largest absolute Gasteiger partial charge is 0.490 e. The molecule has 11 heteroatoms. The average molecular weight is 514 g/mol. The van der Waals surface area contributed by atoms with E-state index in [4.69, 9.17) is 9.47 Å². The van der Waals surface area contributed by atoms with Crippen molar-refractivity contribution in [1.82, 2.24) is 29.3 Å². The Morgan fingerprint density at radius 3 is 2.55 bits per heavy atom. The summed E-state index contributed by atoms with van der Waals surface area (Å²) in [5.41, 5.74) is 1.90. The number of ether oxygens (including phenoxy) is 2. The third kappa shape index (κ3) is 5.80. The number of nitrogens with zero attached hydrogens (tertiary/aromatic N) is 6. The third-order valence-corrected chi connectivity index (χ3v) is 5.02. The van der Waals surface area contributed by atoms with Gasteiger partial charge in [-0.25, -0.2) is 4.68 Å². The van der Waals surface area contributed by atoms with Gasteiger partial charge in [-0.15, -0.1) is 0 Å². The highest BCUT2D eigenvalue weighted by atomic mass is 79.9. The molecule has 3 heterocycles. The number of halogens is 1. The number of benzene rings is 1. The second-order valence-corrected chi connectivity index (χ2v) is 8.02. The number of carbonyl (C=O) groups is 1. The Labute approximate surface area is 199 Å². The first-order valence-corrected chi connectivity index (χ1v) is 11.3. The predicted octanol–water partition coefficient (Wildman–Crippen LogP) is 3.64. The van der Waals surface area contributed by atoms with Crippen LogP contribution in [0.25, 0.3) is 0 Å². The molecule has 1 aromatic carbocycles. The van der Waals surface area contributed by atoms with E-state index in [1.54, 1.807) is 44.9 Å². The van der Waals surface area contributed by atoms with Crippen molar-refractivity contribution >= 4 is 27.5 Å². The Morgan fingerprint density at radius 1 is 1.00 bits per heavy atom. The van der Waals surface area contributed by atoms with Crippen LogP contribution < -0.4 is 14.8 Å². The second-order valence-electron chi connectivity index (χ2n) is 7.11. The van der Waals surface area contributed by atoms with Gasteiger partial charge in [0.2, 0.25) is 0 Å². The molecular weight excluding hydrogens is 490 g/mol. The highest BCUT2D eigenvalue weighted by Gasteiger charge is 2.12. The van der Waals surface area contributed by atoms with Crippen LogP contribution in [0.4, 0.5) is 5.69 Å². The lowest BCUT2D eigenvalue weighted by Gasteiger charge is -2.12. The molecule has 1 amide bonds. The van der Waals surface area contributed by atoms with Crippen LogP contribution in [-0.4, -0.2) is 48.5 Å². The molecule has 0 bridgehead atoms. The van der Waals surface area contributed by atoms with Crippen LogP contribution in [0.1, 0.15) is 29.9 Å². The number of hydrogen-bond donors (Lipinski definition) is 1. The number of anilines is 1. The quantitative estimate of drug-likeness (QED) is 0.347. The van der Waals surface area contributed by atoms with Gasteiger partial charge in [0, 0.05) is 18.6 Å². The minimum atomic E-state index is -0.311. The Bertz CT molecular complexity index is 1230. The van der Waals surface area contributed by atoms with Crippen LogP contribution in [0, 0.1) is 0 Å². The summed E-state index contributed by atoms with van der Waals surface area (Å²) >= 11 is 3.36. The van der Waals surface area contributed by atoms with E-state index in [0.29, 0.717) is 43.6 Å². The summed E-state index contributed by atoms with van der Waals surface area (Å²) in [5.74, 6) is 1.11. The van der Waals surface area contributed by atoms with Crippen molar-refractivity contribution in [3.63, 3.8) is 0 Å². The van der Waals surface area contributed by atoms with Gasteiger partial charge >= 0.3 is 0 Å². The fourth-order valence-electron chi connectivity index (χ4n) is 3.22. The number of carbonyl (C=O) groups excluding carboxylic acids is 1. The molecule has 0 radical (unpaired) electrons. The molecule has 33 heavy (non-hydrogen) atoms. The molecule has 1 N–H and O–H groups in total. The zero-order valence-corrected chi connectivity index (χ0v) is 19.9. The molecular formula is C22H24BrN7O3. The predicted molar refractivity (Wildman–Crippen MR) is 126 cm³/mol. The molecule has 0 aliphatic rings. The molecule has 0 saturated heterocycles. The van der Waals surface area contributed by atoms with Gasteiger partial charge in [0.15, 0.2) is 17.2 Å². The highest BCUT2D eigenvalue weighted by Crippen LogP contribution is 2.29. The molecule has 0 fully saturated rings. The number of amides is 1. The smallest absolute Gasteiger partial charge is 0.276 e. The zero-order chi connectivity index (χ0) is 23.2. The van der Waals surface area contributed by atoms with Gasteiger partial charge in [-0.2, -0.15) is 15.3 Å². The van der Waals surface area contributed by atoms with Crippen LogP contribution in [0.5, 0.6) is 11.5 Å². The summed E-state index contributed by atoms with van der Waals surface area (Å²) in [6, 6.07) is 7.47. The topological polar surface area (TPSA) is 101 Å². The van der Waals surface area contributed by atoms with Gasteiger partial charge in [0.25, 0.3) is 5.91 Å². The lowest BCUT2D eigenvalue weighted by atomic mass is 10.2. The van der Waals surface area contributed by atoms with Gasteiger partial charge in [0.1, 0.15) is 6.67 Å². The van der Waals surface area contributed by atoms with Gasteiger partial charge < -0.3 is 14.8 Å². The maximum absolute atomic E-state index is 12.6. The summed E-state index contributed by atoms with van der Waals surface area (Å²) < 4.78 is 17.3. The molecule has 4 aromatic rings. The van der Waals surface area contributed by atoms with Crippen LogP contribution in [0.15, 0.2) is 59.7 Å². The highest BCUT2D eigenvalue weighted by molar-refractivity contribution is 9.10. The number of hydrogen-bond acceptors (Lipinski definition) is 6. The van der Waals surface area contributed by atoms with E-state index in [0.717, 1.165) is 15.8 Å². The minimum absolute atomic E-state index is 0.307. The Kier molecular flexibility index (Phi) is 7.08. The van der Waals surface area contributed by atoms with Gasteiger partial charge in [0.05, 0.1) is 42.3 Å². The SMILES string of the molecule is CCOc1ccc(Cn2cc(NC(=O)c3ccn(Cn4cc(Br)cn4)n3)cn2)cc1OCC. The first-order valence-electron chi connectivity index (χ1n) is 10.5. The summed E-state index contributed by atoms with van der Waals surface area (Å²) in [4.78, 5) is 12.6. The molecule has 10 nitrogen and oxygen atoms in total. The number of aromatic nitrogens is 6. The van der Waals surface area contributed by atoms with Crippen LogP contribution in [0.2, 0.25) is 0 Å². The zero-order valence-electron chi connectivity index (χ0n) is 18.3. The van der Waals surface area contributed by atoms with E-state index in [9.17, 15) is 4.79 Å². The lowest BCUT2D eigenvalue weighted by molar-refractivity contribution is 0.102. The molecule has 3 aromatic heterocycles. The standard InChI is InChI=1S/C22H24BrN7O3/c1-3-32-20-6-5-16(9-21(20)33-4-2)12-29-14-18(11-25-29)26-22(31)19-7-8-28(27-19)15-30-13-17(23)10-24-30/h5-11,13-14H,3-4,12,15H2,1-2H3,(H,26,31). The molecule has 0 spiro atoms. The molecule has 172 valence electrons. The van der Waals surface area contributed by atoms with E-state index in [1.807, 2.05) is 38.2 Å². The van der Waals surface area contributed by atoms with Crippen molar-refractivity contribution in [2.75, 3.05) is 18.5 Å². The Hall–Kier alpha value is -3.60. The third-order valence-electron chi connectivity index (χ3n) is 4.61. The van der Waals surface area contributed by atoms with Crippen molar-refractivity contribution in [2.45, 2.75) is 27.1 Å². The summed E-state index contributed by atoms with van der Waals surface area (Å²) in [6.45, 7) is 5.92. The van der Waals surface area contributed by atoms with E-state index >= 15 is 0 Å². The second kappa shape index (κ2) is 10.3. The van der Waals surface area contributed by atoms with E-state index in [-0.39, 0.29) is 5.91 Å². The number of rotatable bonds is 10. The van der Waals surface area contributed by atoms with Crippen LogP contribution in [-0.2, 0) is 13.2 Å². The fourth-order valence-corrected chi connectivity index (χ4v) is 3.54. The van der Waals surface area contributed by atoms with Crippen LogP contribution >= 0.6 is 15.9 Å². The monoisotopic (exact) mass is 513 g/mol. The average Bonchev–Trinajstić information content (AvgIpc) is 3.53. The van der Waals surface area contributed by atoms with Crippen LogP contribution in [0.3, 0.4) is 0 Å². The molecule has 0 aliphatic carbocycles. The molecule has 0 aliphatic heterocycles. The van der Waals surface area contributed by atoms with Gasteiger partial charge in [-0.3, -0.25) is 14.2 Å². The molecule has 0 atom stereocenters. The van der Waals surface area contributed by atoms with Crippen molar-refractivity contribution in [2.24, 2.45) is 0 Å². The van der Waals surface area contributed by atoms with E-state index in [2.05, 4.69) is 36.5 Å². The van der Waals surface area contributed by atoms with Gasteiger partial charge in [-0.05, 0) is 53.5 Å². The minimum Gasteiger partial charge on any atom is -0.490 e. The summed E-state index contributed by atoms with van der Waals surface area (Å²) in [7, 11) is 0. The summed E-state index contributed by atoms with van der Waals surface area (Å²) in [5, 5.41) is 15.7. The van der Waals surface area contributed by atoms with E-state index in [1.165, 1.54) is 0 Å². The molecule has 4 rings (SSSR count). The molecule has 0 unspecified atom stereocenters. The maximum atomic E-state index is 12.6. The van der Waals surface area contributed by atoms with Crippen molar-refractivity contribution in [3.8, 4) is 11.5 Å². The summed E-state index contributed by atoms with van der Waals surface area (Å²) in [6.07, 6.45) is 8.63. The first kappa shape index (κ1) is 22.6. The van der Waals surface area contributed by atoms with Crippen molar-refractivity contribution in [3.05, 3.63) is 71.0 Å². The number of nitrogens with one attached hydrogen (secondary N) is 1. The lowest BCUT2D eigenvalue weighted by Crippen LogP contribution is -2.14. The van der Waals surface area contributed by atoms with E-state index < -0.39 is 0 Å².